The lowest BCUT2D eigenvalue weighted by Crippen LogP contribution is -2.43. The van der Waals surface area contributed by atoms with Gasteiger partial charge in [0, 0.05) is 18.5 Å². The van der Waals surface area contributed by atoms with E-state index in [1.54, 1.807) is 44.4 Å². The fourth-order valence-electron chi connectivity index (χ4n) is 1.36. The Balaban J connectivity index is 2.61. The van der Waals surface area contributed by atoms with Crippen LogP contribution in [0.4, 0.5) is 0 Å². The standard InChI is InChI=1S/C13H16N2O3/c1-9(2)12(13(17)18)15-11(16)6-5-10-4-3-7-14-8-10/h3-9,12H,1-2H3,(H,15,16)(H,17,18)/b6-5+/t12-/m1/s1. The molecule has 0 saturated heterocycles. The van der Waals surface area contributed by atoms with Crippen LogP contribution in [-0.2, 0) is 9.59 Å². The third-order valence-corrected chi connectivity index (χ3v) is 2.34. The van der Waals surface area contributed by atoms with Crippen molar-refractivity contribution < 1.29 is 14.7 Å². The second-order valence-corrected chi connectivity index (χ2v) is 4.19. The van der Waals surface area contributed by atoms with Gasteiger partial charge in [-0.3, -0.25) is 9.78 Å². The maximum absolute atomic E-state index is 11.6. The third kappa shape index (κ3) is 4.37. The molecule has 5 nitrogen and oxygen atoms in total. The van der Waals surface area contributed by atoms with Crippen molar-refractivity contribution in [2.45, 2.75) is 19.9 Å². The molecule has 1 rings (SSSR count). The van der Waals surface area contributed by atoms with Crippen LogP contribution in [0.2, 0.25) is 0 Å². The first-order valence-electron chi connectivity index (χ1n) is 5.62. The zero-order chi connectivity index (χ0) is 13.5. The number of rotatable bonds is 5. The summed E-state index contributed by atoms with van der Waals surface area (Å²) in [5.74, 6) is -1.63. The second-order valence-electron chi connectivity index (χ2n) is 4.19. The van der Waals surface area contributed by atoms with Crippen molar-refractivity contribution in [1.82, 2.24) is 10.3 Å². The van der Waals surface area contributed by atoms with Gasteiger partial charge in [-0.25, -0.2) is 4.79 Å². The second kappa shape index (κ2) is 6.54. The largest absolute Gasteiger partial charge is 0.480 e. The molecule has 0 unspecified atom stereocenters. The van der Waals surface area contributed by atoms with Crippen LogP contribution in [0.5, 0.6) is 0 Å². The van der Waals surface area contributed by atoms with Crippen LogP contribution in [0, 0.1) is 5.92 Å². The van der Waals surface area contributed by atoms with E-state index in [0.29, 0.717) is 0 Å². The SMILES string of the molecule is CC(C)[C@@H](NC(=O)/C=C/c1cccnc1)C(=O)O. The molecule has 0 spiro atoms. The highest BCUT2D eigenvalue weighted by molar-refractivity contribution is 5.94. The van der Waals surface area contributed by atoms with E-state index in [9.17, 15) is 9.59 Å². The molecule has 1 heterocycles. The van der Waals surface area contributed by atoms with E-state index >= 15 is 0 Å². The zero-order valence-corrected chi connectivity index (χ0v) is 10.3. The van der Waals surface area contributed by atoms with Crippen molar-refractivity contribution in [2.24, 2.45) is 5.92 Å². The number of nitrogens with zero attached hydrogens (tertiary/aromatic N) is 1. The minimum Gasteiger partial charge on any atom is -0.480 e. The summed E-state index contributed by atoms with van der Waals surface area (Å²) in [6, 6.07) is 2.68. The Morgan fingerprint density at radius 1 is 1.44 bits per heavy atom. The fourth-order valence-corrected chi connectivity index (χ4v) is 1.36. The molecule has 0 bridgehead atoms. The van der Waals surface area contributed by atoms with Crippen molar-refractivity contribution in [2.75, 3.05) is 0 Å². The van der Waals surface area contributed by atoms with Crippen LogP contribution in [0.1, 0.15) is 19.4 Å². The van der Waals surface area contributed by atoms with Gasteiger partial charge >= 0.3 is 5.97 Å². The highest BCUT2D eigenvalue weighted by Crippen LogP contribution is 2.02. The molecular weight excluding hydrogens is 232 g/mol. The molecule has 1 amide bonds. The summed E-state index contributed by atoms with van der Waals surface area (Å²) >= 11 is 0. The van der Waals surface area contributed by atoms with E-state index in [2.05, 4.69) is 10.3 Å². The molecule has 0 aliphatic carbocycles. The number of nitrogens with one attached hydrogen (secondary N) is 1. The first-order valence-corrected chi connectivity index (χ1v) is 5.62. The number of carbonyl (C=O) groups is 2. The molecule has 96 valence electrons. The molecule has 1 aromatic heterocycles. The maximum atomic E-state index is 11.6. The van der Waals surface area contributed by atoms with Gasteiger partial charge < -0.3 is 10.4 Å². The average Bonchev–Trinajstić information content (AvgIpc) is 2.34. The Morgan fingerprint density at radius 3 is 2.67 bits per heavy atom. The molecule has 2 N–H and O–H groups in total. The summed E-state index contributed by atoms with van der Waals surface area (Å²) in [7, 11) is 0. The molecular formula is C13H16N2O3. The smallest absolute Gasteiger partial charge is 0.326 e. The molecule has 1 aromatic rings. The van der Waals surface area contributed by atoms with Gasteiger partial charge in [0.1, 0.15) is 6.04 Å². The maximum Gasteiger partial charge on any atom is 0.326 e. The van der Waals surface area contributed by atoms with Crippen LogP contribution in [0.3, 0.4) is 0 Å². The Hall–Kier alpha value is -2.17. The summed E-state index contributed by atoms with van der Waals surface area (Å²) in [5, 5.41) is 11.4. The van der Waals surface area contributed by atoms with Gasteiger partial charge in [-0.2, -0.15) is 0 Å². The van der Waals surface area contributed by atoms with Crippen molar-refractivity contribution in [3.05, 3.63) is 36.2 Å². The average molecular weight is 248 g/mol. The molecule has 1 atom stereocenters. The number of amides is 1. The van der Waals surface area contributed by atoms with Crippen LogP contribution in [0.15, 0.2) is 30.6 Å². The van der Waals surface area contributed by atoms with E-state index in [1.165, 1.54) is 6.08 Å². The molecule has 18 heavy (non-hydrogen) atoms. The normalized spacial score (nSPS) is 12.6. The van der Waals surface area contributed by atoms with Crippen LogP contribution >= 0.6 is 0 Å². The summed E-state index contributed by atoms with van der Waals surface area (Å²) in [5.41, 5.74) is 0.782. The van der Waals surface area contributed by atoms with Gasteiger partial charge in [-0.15, -0.1) is 0 Å². The number of carboxylic acids is 1. The van der Waals surface area contributed by atoms with Crippen LogP contribution in [-0.4, -0.2) is 28.0 Å². The summed E-state index contributed by atoms with van der Waals surface area (Å²) in [6.07, 6.45) is 6.13. The van der Waals surface area contributed by atoms with Crippen molar-refractivity contribution in [1.29, 1.82) is 0 Å². The van der Waals surface area contributed by atoms with E-state index in [4.69, 9.17) is 5.11 Å². The minimum atomic E-state index is -1.03. The topological polar surface area (TPSA) is 79.3 Å². The molecule has 0 aromatic carbocycles. The minimum absolute atomic E-state index is 0.168. The number of hydrogen-bond acceptors (Lipinski definition) is 3. The van der Waals surface area contributed by atoms with Gasteiger partial charge in [-0.05, 0) is 23.6 Å². The lowest BCUT2D eigenvalue weighted by molar-refractivity contribution is -0.142. The van der Waals surface area contributed by atoms with Gasteiger partial charge in [0.15, 0.2) is 0 Å². The van der Waals surface area contributed by atoms with Crippen LogP contribution in [0.25, 0.3) is 6.08 Å². The molecule has 0 radical (unpaired) electrons. The number of carbonyl (C=O) groups excluding carboxylic acids is 1. The molecule has 0 saturated carbocycles. The highest BCUT2D eigenvalue weighted by atomic mass is 16.4. The van der Waals surface area contributed by atoms with E-state index in [-0.39, 0.29) is 5.92 Å². The zero-order valence-electron chi connectivity index (χ0n) is 10.3. The van der Waals surface area contributed by atoms with E-state index in [0.717, 1.165) is 5.56 Å². The van der Waals surface area contributed by atoms with Crippen molar-refractivity contribution in [3.8, 4) is 0 Å². The Bertz CT molecular complexity index is 441. The number of pyridine rings is 1. The van der Waals surface area contributed by atoms with Crippen molar-refractivity contribution >= 4 is 18.0 Å². The van der Waals surface area contributed by atoms with Gasteiger partial charge in [-0.1, -0.05) is 19.9 Å². The summed E-state index contributed by atoms with van der Waals surface area (Å²) in [4.78, 5) is 26.4. The van der Waals surface area contributed by atoms with Gasteiger partial charge in [0.05, 0.1) is 0 Å². The number of carboxylic acid groups (broad SMARTS) is 1. The van der Waals surface area contributed by atoms with Gasteiger partial charge in [0.25, 0.3) is 0 Å². The van der Waals surface area contributed by atoms with Crippen LogP contribution < -0.4 is 5.32 Å². The molecule has 0 aliphatic heterocycles. The third-order valence-electron chi connectivity index (χ3n) is 2.34. The lowest BCUT2D eigenvalue weighted by atomic mass is 10.0. The van der Waals surface area contributed by atoms with E-state index in [1.807, 2.05) is 0 Å². The summed E-state index contributed by atoms with van der Waals surface area (Å²) < 4.78 is 0. The molecule has 5 heteroatoms. The Kier molecular flexibility index (Phi) is 5.05. The van der Waals surface area contributed by atoms with Gasteiger partial charge in [0.2, 0.25) is 5.91 Å². The Labute approximate surface area is 106 Å². The molecule has 0 fully saturated rings. The predicted molar refractivity (Wildman–Crippen MR) is 67.7 cm³/mol. The van der Waals surface area contributed by atoms with Crippen molar-refractivity contribution in [3.63, 3.8) is 0 Å². The number of aliphatic carboxylic acids is 1. The first-order chi connectivity index (χ1) is 8.50. The predicted octanol–water partition coefficient (Wildman–Crippen LogP) is 1.32. The number of aromatic nitrogens is 1. The first kappa shape index (κ1) is 13.9. The van der Waals surface area contributed by atoms with E-state index < -0.39 is 17.9 Å². The lowest BCUT2D eigenvalue weighted by Gasteiger charge is -2.16. The monoisotopic (exact) mass is 248 g/mol. The number of hydrogen-bond donors (Lipinski definition) is 2. The highest BCUT2D eigenvalue weighted by Gasteiger charge is 2.22. The molecule has 0 aliphatic rings. The Morgan fingerprint density at radius 2 is 2.17 bits per heavy atom. The fraction of sp³-hybridized carbons (Fsp3) is 0.308. The summed E-state index contributed by atoms with van der Waals surface area (Å²) in [6.45, 7) is 3.48. The quantitative estimate of drug-likeness (QED) is 0.770.